The number of sulfonamides is 1. The summed E-state index contributed by atoms with van der Waals surface area (Å²) in [6.45, 7) is 2.72. The van der Waals surface area contributed by atoms with Gasteiger partial charge < -0.3 is 4.90 Å². The van der Waals surface area contributed by atoms with Crippen molar-refractivity contribution >= 4 is 26.0 Å². The van der Waals surface area contributed by atoms with E-state index in [2.05, 4.69) is 20.7 Å². The van der Waals surface area contributed by atoms with Gasteiger partial charge in [-0.25, -0.2) is 13.1 Å². The number of nitrogens with zero attached hydrogens (tertiary/aromatic N) is 1. The van der Waals surface area contributed by atoms with Crippen LogP contribution < -0.4 is 4.72 Å². The molecule has 0 bridgehead atoms. The fourth-order valence-electron chi connectivity index (χ4n) is 1.48. The van der Waals surface area contributed by atoms with Crippen LogP contribution in [-0.4, -0.2) is 40.0 Å². The third kappa shape index (κ3) is 5.06. The van der Waals surface area contributed by atoms with Crippen molar-refractivity contribution in [3.63, 3.8) is 0 Å². The summed E-state index contributed by atoms with van der Waals surface area (Å²) < 4.78 is 27.6. The largest absolute Gasteiger partial charge is 0.309 e. The van der Waals surface area contributed by atoms with Crippen molar-refractivity contribution in [2.75, 3.05) is 20.6 Å². The average Bonchev–Trinajstić information content (AvgIpc) is 2.26. The summed E-state index contributed by atoms with van der Waals surface area (Å²) in [5.41, 5.74) is 0. The van der Waals surface area contributed by atoms with Crippen LogP contribution in [0.1, 0.15) is 13.3 Å². The molecule has 4 nitrogen and oxygen atoms in total. The van der Waals surface area contributed by atoms with E-state index in [1.165, 1.54) is 0 Å². The Morgan fingerprint density at radius 3 is 2.61 bits per heavy atom. The van der Waals surface area contributed by atoms with Gasteiger partial charge in [-0.05, 0) is 52.2 Å². The molecular weight excluding hydrogens is 316 g/mol. The zero-order valence-corrected chi connectivity index (χ0v) is 13.3. The Morgan fingerprint density at radius 1 is 1.39 bits per heavy atom. The van der Waals surface area contributed by atoms with E-state index >= 15 is 0 Å². The van der Waals surface area contributed by atoms with Crippen LogP contribution in [0.25, 0.3) is 0 Å². The van der Waals surface area contributed by atoms with Crippen molar-refractivity contribution in [2.24, 2.45) is 0 Å². The maximum absolute atomic E-state index is 12.1. The Hall–Kier alpha value is -0.430. The standard InChI is InChI=1S/C12H19BrN2O2S/c1-10(7-8-15(2)3)14-18(16,17)12-6-4-5-11(13)9-12/h4-6,9-10,14H,7-8H2,1-3H3. The number of halogens is 1. The van der Waals surface area contributed by atoms with Crippen LogP contribution in [0.15, 0.2) is 33.6 Å². The van der Waals surface area contributed by atoms with Crippen molar-refractivity contribution in [1.29, 1.82) is 0 Å². The van der Waals surface area contributed by atoms with Crippen molar-refractivity contribution in [3.05, 3.63) is 28.7 Å². The first kappa shape index (κ1) is 15.6. The molecule has 1 rings (SSSR count). The van der Waals surface area contributed by atoms with Crippen molar-refractivity contribution in [2.45, 2.75) is 24.3 Å². The quantitative estimate of drug-likeness (QED) is 0.866. The second-order valence-electron chi connectivity index (χ2n) is 4.57. The number of rotatable bonds is 6. The molecule has 1 aromatic rings. The highest BCUT2D eigenvalue weighted by Gasteiger charge is 2.17. The number of benzene rings is 1. The molecule has 0 heterocycles. The monoisotopic (exact) mass is 334 g/mol. The Labute approximate surface area is 118 Å². The van der Waals surface area contributed by atoms with Gasteiger partial charge in [0, 0.05) is 10.5 Å². The zero-order valence-electron chi connectivity index (χ0n) is 10.9. The van der Waals surface area contributed by atoms with Gasteiger partial charge in [0.15, 0.2) is 0 Å². The van der Waals surface area contributed by atoms with Crippen LogP contribution in [-0.2, 0) is 10.0 Å². The lowest BCUT2D eigenvalue weighted by Gasteiger charge is -2.16. The highest BCUT2D eigenvalue weighted by molar-refractivity contribution is 9.10. The van der Waals surface area contributed by atoms with Gasteiger partial charge in [-0.2, -0.15) is 0 Å². The number of hydrogen-bond donors (Lipinski definition) is 1. The van der Waals surface area contributed by atoms with E-state index < -0.39 is 10.0 Å². The Kier molecular flexibility index (Phi) is 5.78. The van der Waals surface area contributed by atoms with Gasteiger partial charge in [-0.3, -0.25) is 0 Å². The lowest BCUT2D eigenvalue weighted by atomic mass is 10.2. The van der Waals surface area contributed by atoms with Crippen LogP contribution in [0.3, 0.4) is 0 Å². The fourth-order valence-corrected chi connectivity index (χ4v) is 3.35. The van der Waals surface area contributed by atoms with E-state index in [0.717, 1.165) is 17.4 Å². The first-order valence-corrected chi connectivity index (χ1v) is 8.01. The summed E-state index contributed by atoms with van der Waals surface area (Å²) >= 11 is 3.27. The Balaban J connectivity index is 2.70. The predicted molar refractivity (Wildman–Crippen MR) is 77.1 cm³/mol. The molecular formula is C12H19BrN2O2S. The molecule has 0 amide bonds. The van der Waals surface area contributed by atoms with Gasteiger partial charge in [-0.15, -0.1) is 0 Å². The van der Waals surface area contributed by atoms with Crippen LogP contribution >= 0.6 is 15.9 Å². The molecule has 0 fully saturated rings. The van der Waals surface area contributed by atoms with Crippen LogP contribution in [0.5, 0.6) is 0 Å². The average molecular weight is 335 g/mol. The summed E-state index contributed by atoms with van der Waals surface area (Å²) in [7, 11) is 0.507. The maximum Gasteiger partial charge on any atom is 0.240 e. The van der Waals surface area contributed by atoms with Gasteiger partial charge in [0.2, 0.25) is 10.0 Å². The van der Waals surface area contributed by atoms with Crippen LogP contribution in [0.2, 0.25) is 0 Å². The molecule has 0 aliphatic rings. The zero-order chi connectivity index (χ0) is 13.8. The van der Waals surface area contributed by atoms with Crippen molar-refractivity contribution < 1.29 is 8.42 Å². The summed E-state index contributed by atoms with van der Waals surface area (Å²) in [5, 5.41) is 0. The molecule has 0 saturated heterocycles. The first-order chi connectivity index (χ1) is 8.31. The highest BCUT2D eigenvalue weighted by atomic mass is 79.9. The number of hydrogen-bond acceptors (Lipinski definition) is 3. The van der Waals surface area contributed by atoms with Gasteiger partial charge in [0.1, 0.15) is 0 Å². The Bertz CT molecular complexity index is 489. The second kappa shape index (κ2) is 6.65. The normalized spacial score (nSPS) is 13.8. The molecule has 0 aliphatic heterocycles. The van der Waals surface area contributed by atoms with Gasteiger partial charge in [0.25, 0.3) is 0 Å². The van der Waals surface area contributed by atoms with Crippen LogP contribution in [0, 0.1) is 0 Å². The highest BCUT2D eigenvalue weighted by Crippen LogP contribution is 2.16. The SMILES string of the molecule is CC(CCN(C)C)NS(=O)(=O)c1cccc(Br)c1. The molecule has 0 radical (unpaired) electrons. The molecule has 1 aromatic carbocycles. The smallest absolute Gasteiger partial charge is 0.240 e. The minimum absolute atomic E-state index is 0.0867. The third-order valence-electron chi connectivity index (χ3n) is 2.47. The van der Waals surface area contributed by atoms with E-state index in [9.17, 15) is 8.42 Å². The summed E-state index contributed by atoms with van der Waals surface area (Å²) in [4.78, 5) is 2.32. The summed E-state index contributed by atoms with van der Waals surface area (Å²) in [6, 6.07) is 6.61. The minimum atomic E-state index is -3.43. The predicted octanol–water partition coefficient (Wildman–Crippen LogP) is 2.07. The molecule has 6 heteroatoms. The molecule has 1 atom stereocenters. The van der Waals surface area contributed by atoms with Gasteiger partial charge in [-0.1, -0.05) is 22.0 Å². The molecule has 0 aliphatic carbocycles. The van der Waals surface area contributed by atoms with Crippen LogP contribution in [0.4, 0.5) is 0 Å². The fraction of sp³-hybridized carbons (Fsp3) is 0.500. The van der Waals surface area contributed by atoms with E-state index in [0.29, 0.717) is 0 Å². The maximum atomic E-state index is 12.1. The topological polar surface area (TPSA) is 49.4 Å². The first-order valence-electron chi connectivity index (χ1n) is 5.74. The van der Waals surface area contributed by atoms with E-state index in [1.54, 1.807) is 24.3 Å². The molecule has 102 valence electrons. The lowest BCUT2D eigenvalue weighted by molar-refractivity contribution is 0.379. The third-order valence-corrected chi connectivity index (χ3v) is 4.55. The van der Waals surface area contributed by atoms with Crippen molar-refractivity contribution in [1.82, 2.24) is 9.62 Å². The molecule has 1 N–H and O–H groups in total. The minimum Gasteiger partial charge on any atom is -0.309 e. The lowest BCUT2D eigenvalue weighted by Crippen LogP contribution is -2.34. The van der Waals surface area contributed by atoms with Gasteiger partial charge in [0.05, 0.1) is 4.90 Å². The van der Waals surface area contributed by atoms with Gasteiger partial charge >= 0.3 is 0 Å². The van der Waals surface area contributed by atoms with E-state index in [4.69, 9.17) is 0 Å². The molecule has 0 aromatic heterocycles. The molecule has 1 unspecified atom stereocenters. The van der Waals surface area contributed by atoms with E-state index in [-0.39, 0.29) is 10.9 Å². The Morgan fingerprint density at radius 2 is 2.06 bits per heavy atom. The second-order valence-corrected chi connectivity index (χ2v) is 7.20. The molecule has 18 heavy (non-hydrogen) atoms. The molecule has 0 spiro atoms. The summed E-state index contributed by atoms with van der Waals surface area (Å²) in [5.74, 6) is 0. The van der Waals surface area contributed by atoms with Crippen molar-refractivity contribution in [3.8, 4) is 0 Å². The summed E-state index contributed by atoms with van der Waals surface area (Å²) in [6.07, 6.45) is 0.778. The van der Waals surface area contributed by atoms with E-state index in [1.807, 2.05) is 25.9 Å². The number of nitrogens with one attached hydrogen (secondary N) is 1. The molecule has 0 saturated carbocycles.